The number of halogens is 1. The Bertz CT molecular complexity index is 572. The van der Waals surface area contributed by atoms with Crippen LogP contribution in [0.3, 0.4) is 0 Å². The molecule has 1 unspecified atom stereocenters. The SMILES string of the molecule is CCNC(c1ccc(OC)c(F)c1)c1cnc(C)cn1. The number of methoxy groups -OCH3 is 1. The van der Waals surface area contributed by atoms with E-state index in [9.17, 15) is 4.39 Å². The van der Waals surface area contributed by atoms with Gasteiger partial charge in [-0.05, 0) is 31.2 Å². The van der Waals surface area contributed by atoms with Gasteiger partial charge in [0.05, 0.1) is 30.7 Å². The smallest absolute Gasteiger partial charge is 0.165 e. The van der Waals surface area contributed by atoms with Gasteiger partial charge in [-0.1, -0.05) is 13.0 Å². The molecule has 0 amide bonds. The number of nitrogens with zero attached hydrogens (tertiary/aromatic N) is 2. The molecule has 0 aliphatic carbocycles. The van der Waals surface area contributed by atoms with Crippen LogP contribution in [0, 0.1) is 12.7 Å². The third-order valence-corrected chi connectivity index (χ3v) is 3.01. The normalized spacial score (nSPS) is 12.2. The van der Waals surface area contributed by atoms with E-state index >= 15 is 0 Å². The molecule has 0 fully saturated rings. The molecule has 4 nitrogen and oxygen atoms in total. The first kappa shape index (κ1) is 14.4. The van der Waals surface area contributed by atoms with Crippen molar-refractivity contribution < 1.29 is 9.13 Å². The summed E-state index contributed by atoms with van der Waals surface area (Å²) in [4.78, 5) is 8.61. The maximum atomic E-state index is 13.8. The van der Waals surface area contributed by atoms with Gasteiger partial charge < -0.3 is 10.1 Å². The number of ether oxygens (including phenoxy) is 1. The van der Waals surface area contributed by atoms with Crippen LogP contribution in [0.25, 0.3) is 0 Å². The molecule has 2 aromatic rings. The van der Waals surface area contributed by atoms with Gasteiger partial charge in [0.15, 0.2) is 11.6 Å². The van der Waals surface area contributed by atoms with E-state index in [2.05, 4.69) is 15.3 Å². The molecule has 1 heterocycles. The van der Waals surface area contributed by atoms with Crippen LogP contribution < -0.4 is 10.1 Å². The van der Waals surface area contributed by atoms with Crippen LogP contribution in [0.5, 0.6) is 5.75 Å². The van der Waals surface area contributed by atoms with Crippen LogP contribution in [-0.2, 0) is 0 Å². The zero-order chi connectivity index (χ0) is 14.5. The number of rotatable bonds is 5. The zero-order valence-corrected chi connectivity index (χ0v) is 11.9. The molecule has 1 N–H and O–H groups in total. The van der Waals surface area contributed by atoms with Gasteiger partial charge >= 0.3 is 0 Å². The minimum Gasteiger partial charge on any atom is -0.494 e. The van der Waals surface area contributed by atoms with Crippen molar-refractivity contribution in [2.45, 2.75) is 19.9 Å². The molecule has 0 aliphatic rings. The molecule has 1 aromatic heterocycles. The molecule has 0 bridgehead atoms. The van der Waals surface area contributed by atoms with Gasteiger partial charge in [-0.2, -0.15) is 0 Å². The van der Waals surface area contributed by atoms with E-state index in [1.54, 1.807) is 18.5 Å². The summed E-state index contributed by atoms with van der Waals surface area (Å²) >= 11 is 0. The predicted molar refractivity (Wildman–Crippen MR) is 75.2 cm³/mol. The number of aryl methyl sites for hydroxylation is 1. The fourth-order valence-electron chi connectivity index (χ4n) is 2.01. The van der Waals surface area contributed by atoms with Crippen LogP contribution in [-0.4, -0.2) is 23.6 Å². The first-order chi connectivity index (χ1) is 9.65. The fourth-order valence-corrected chi connectivity index (χ4v) is 2.01. The monoisotopic (exact) mass is 275 g/mol. The number of hydrogen-bond acceptors (Lipinski definition) is 4. The standard InChI is InChI=1S/C15H18FN3O/c1-4-17-15(13-9-18-10(2)8-19-13)11-5-6-14(20-3)12(16)7-11/h5-9,15,17H,4H2,1-3H3. The minimum absolute atomic E-state index is 0.187. The first-order valence-electron chi connectivity index (χ1n) is 6.51. The largest absolute Gasteiger partial charge is 0.494 e. The van der Waals surface area contributed by atoms with E-state index in [4.69, 9.17) is 4.74 Å². The summed E-state index contributed by atoms with van der Waals surface area (Å²) in [7, 11) is 1.45. The van der Waals surface area contributed by atoms with Gasteiger partial charge in [-0.3, -0.25) is 9.97 Å². The van der Waals surface area contributed by atoms with E-state index in [0.29, 0.717) is 0 Å². The second-order valence-corrected chi connectivity index (χ2v) is 4.47. The van der Waals surface area contributed by atoms with Crippen LogP contribution in [0.4, 0.5) is 4.39 Å². The topological polar surface area (TPSA) is 47.0 Å². The highest BCUT2D eigenvalue weighted by Crippen LogP contribution is 2.25. The van der Waals surface area contributed by atoms with Crippen molar-refractivity contribution in [2.75, 3.05) is 13.7 Å². The van der Waals surface area contributed by atoms with Crippen LogP contribution in [0.2, 0.25) is 0 Å². The Balaban J connectivity index is 2.37. The third-order valence-electron chi connectivity index (χ3n) is 3.01. The third kappa shape index (κ3) is 3.11. The molecule has 20 heavy (non-hydrogen) atoms. The van der Waals surface area contributed by atoms with E-state index in [-0.39, 0.29) is 17.6 Å². The average molecular weight is 275 g/mol. The maximum Gasteiger partial charge on any atom is 0.165 e. The lowest BCUT2D eigenvalue weighted by Gasteiger charge is -2.18. The van der Waals surface area contributed by atoms with Gasteiger partial charge in [0.25, 0.3) is 0 Å². The lowest BCUT2D eigenvalue weighted by atomic mass is 10.0. The lowest BCUT2D eigenvalue weighted by molar-refractivity contribution is 0.385. The summed E-state index contributed by atoms with van der Waals surface area (Å²) < 4.78 is 18.8. The quantitative estimate of drug-likeness (QED) is 0.911. The van der Waals surface area contributed by atoms with Gasteiger partial charge in [0.2, 0.25) is 0 Å². The van der Waals surface area contributed by atoms with E-state index < -0.39 is 0 Å². The highest BCUT2D eigenvalue weighted by atomic mass is 19.1. The van der Waals surface area contributed by atoms with Crippen molar-refractivity contribution in [3.8, 4) is 5.75 Å². The van der Waals surface area contributed by atoms with Crippen molar-refractivity contribution in [1.82, 2.24) is 15.3 Å². The number of benzene rings is 1. The Morgan fingerprint density at radius 1 is 1.30 bits per heavy atom. The highest BCUT2D eigenvalue weighted by molar-refractivity contribution is 5.34. The van der Waals surface area contributed by atoms with Crippen molar-refractivity contribution in [3.05, 3.63) is 53.4 Å². The molecule has 0 spiro atoms. The summed E-state index contributed by atoms with van der Waals surface area (Å²) in [5, 5.41) is 3.29. The van der Waals surface area contributed by atoms with E-state index in [1.165, 1.54) is 13.2 Å². The molecular weight excluding hydrogens is 257 g/mol. The van der Waals surface area contributed by atoms with Crippen LogP contribution in [0.15, 0.2) is 30.6 Å². The highest BCUT2D eigenvalue weighted by Gasteiger charge is 2.16. The Morgan fingerprint density at radius 2 is 2.10 bits per heavy atom. The Hall–Kier alpha value is -2.01. The van der Waals surface area contributed by atoms with Gasteiger partial charge in [0.1, 0.15) is 0 Å². The summed E-state index contributed by atoms with van der Waals surface area (Å²) in [6.07, 6.45) is 3.42. The van der Waals surface area contributed by atoms with Crippen molar-refractivity contribution in [3.63, 3.8) is 0 Å². The molecule has 0 aliphatic heterocycles. The van der Waals surface area contributed by atoms with E-state index in [1.807, 2.05) is 19.9 Å². The Labute approximate surface area is 118 Å². The minimum atomic E-state index is -0.382. The molecule has 2 rings (SSSR count). The van der Waals surface area contributed by atoms with Crippen molar-refractivity contribution in [1.29, 1.82) is 0 Å². The molecule has 0 saturated carbocycles. The average Bonchev–Trinajstić information content (AvgIpc) is 2.46. The fraction of sp³-hybridized carbons (Fsp3) is 0.333. The molecular formula is C15H18FN3O. The van der Waals surface area contributed by atoms with Crippen molar-refractivity contribution >= 4 is 0 Å². The van der Waals surface area contributed by atoms with E-state index in [0.717, 1.165) is 23.5 Å². The lowest BCUT2D eigenvalue weighted by Crippen LogP contribution is -2.23. The maximum absolute atomic E-state index is 13.8. The Morgan fingerprint density at radius 3 is 2.65 bits per heavy atom. The number of hydrogen-bond donors (Lipinski definition) is 1. The molecule has 0 radical (unpaired) electrons. The van der Waals surface area contributed by atoms with Crippen molar-refractivity contribution in [2.24, 2.45) is 0 Å². The second-order valence-electron chi connectivity index (χ2n) is 4.47. The van der Waals surface area contributed by atoms with Gasteiger partial charge in [0, 0.05) is 6.20 Å². The summed E-state index contributed by atoms with van der Waals surface area (Å²) in [6, 6.07) is 4.73. The summed E-state index contributed by atoms with van der Waals surface area (Å²) in [5.41, 5.74) is 2.41. The molecule has 5 heteroatoms. The number of aromatic nitrogens is 2. The molecule has 0 saturated heterocycles. The molecule has 1 aromatic carbocycles. The summed E-state index contributed by atoms with van der Waals surface area (Å²) in [6.45, 7) is 4.62. The molecule has 1 atom stereocenters. The zero-order valence-electron chi connectivity index (χ0n) is 11.9. The van der Waals surface area contributed by atoms with Crippen LogP contribution >= 0.6 is 0 Å². The summed E-state index contributed by atoms with van der Waals surface area (Å²) in [5.74, 6) is -0.146. The first-order valence-corrected chi connectivity index (χ1v) is 6.51. The van der Waals surface area contributed by atoms with Crippen LogP contribution in [0.1, 0.15) is 29.9 Å². The van der Waals surface area contributed by atoms with Gasteiger partial charge in [-0.25, -0.2) is 4.39 Å². The molecule has 106 valence electrons. The number of nitrogens with one attached hydrogen (secondary N) is 1. The predicted octanol–water partition coefficient (Wildman–Crippen LogP) is 2.63. The second kappa shape index (κ2) is 6.43. The Kier molecular flexibility index (Phi) is 4.63. The van der Waals surface area contributed by atoms with Gasteiger partial charge in [-0.15, -0.1) is 0 Å².